The quantitative estimate of drug-likeness (QED) is 0.0173. The predicted molar refractivity (Wildman–Crippen MR) is 356 cm³/mol. The molecule has 2 aromatic rings. The number of carbonyl (C=O) groups excluding carboxylic acids is 13. The number of unbranched alkanes of at least 4 members (excludes halogenated alkanes) is 1. The normalized spacial score (nSPS) is 16.8. The lowest BCUT2D eigenvalue weighted by atomic mass is 10.0. The molecule has 2 saturated heterocycles. The van der Waals surface area contributed by atoms with Crippen LogP contribution in [0.1, 0.15) is 121 Å². The number of nitrogens with two attached hydrogens (primary N) is 7. The van der Waals surface area contributed by atoms with Crippen LogP contribution in [0.4, 0.5) is 0 Å². The molecule has 2 aliphatic rings. The van der Waals surface area contributed by atoms with Crippen LogP contribution in [0, 0.1) is 5.92 Å². The maximum Gasteiger partial charge on any atom is 0.245 e. The smallest absolute Gasteiger partial charge is 0.245 e. The molecule has 32 heteroatoms. The zero-order chi connectivity index (χ0) is 70.1. The van der Waals surface area contributed by atoms with Crippen molar-refractivity contribution in [1.82, 2.24) is 52.3 Å². The topological polar surface area (TPSA) is 519 Å². The molecule has 0 bridgehead atoms. The fourth-order valence-corrected chi connectivity index (χ4v) is 11.5. The summed E-state index contributed by atoms with van der Waals surface area (Å²) in [5.74, 6) is -9.80. The first-order chi connectivity index (χ1) is 45.2. The fraction of sp³-hybridized carbons (Fsp3) is 0.587. The van der Waals surface area contributed by atoms with Gasteiger partial charge in [0.1, 0.15) is 54.4 Å². The Labute approximate surface area is 558 Å². The van der Waals surface area contributed by atoms with Gasteiger partial charge in [-0.15, -0.1) is 0 Å². The Morgan fingerprint density at radius 1 is 0.537 bits per heavy atom. The first-order valence-electron chi connectivity index (χ1n) is 32.2. The molecular formula is C63H98N18O13S. The van der Waals surface area contributed by atoms with Gasteiger partial charge in [0.2, 0.25) is 76.8 Å². The third-order valence-electron chi connectivity index (χ3n) is 16.0. The van der Waals surface area contributed by atoms with Gasteiger partial charge in [-0.25, -0.2) is 0 Å². The predicted octanol–water partition coefficient (Wildman–Crippen LogP) is -3.71. The van der Waals surface area contributed by atoms with Crippen molar-refractivity contribution >= 4 is 94.5 Å². The molecule has 0 aliphatic carbocycles. The van der Waals surface area contributed by atoms with E-state index in [4.69, 9.17) is 40.1 Å². The van der Waals surface area contributed by atoms with Crippen molar-refractivity contribution in [2.45, 2.75) is 183 Å². The summed E-state index contributed by atoms with van der Waals surface area (Å²) in [6.45, 7) is 3.86. The molecule has 4 rings (SSSR count). The number of nitrogens with one attached hydrogen (secondary N) is 8. The van der Waals surface area contributed by atoms with Crippen LogP contribution in [-0.2, 0) is 75.2 Å². The standard InChI is InChI=1S/C63H98N18O13S/c1-37(2)33-45(57(89)74-41(53(68)85)27-32-95-3)73-52(84)36-72-54(86)46(34-38-15-6-4-7-16-38)78-58(90)47(35-39-17-8-5-9-18-39)79-56(88)42(23-25-50(66)82)75-55(87)43(24-26-51(67)83)76-59(91)49-22-14-31-81(49)62(94)44(20-10-11-28-64)77-60(92)48-21-13-30-80(48)61(93)40(65)19-12-29-71-63(69)70/h4-9,15-18,37,40-49H,10-14,19-36,64-65H2,1-3H3,(H2,66,82)(H2,67,83)(H2,68,85)(H,72,86)(H,73,84)(H,74,89)(H,75,87)(H,76,91)(H,77,92)(H,78,90)(H,79,88)(H4,69,70,71)/t40-,41+,42-,43-,44-,45+,46-,47-,48+,49-/m1/s1. The van der Waals surface area contributed by atoms with Crippen LogP contribution in [0.25, 0.3) is 0 Å². The van der Waals surface area contributed by atoms with Crippen molar-refractivity contribution in [3.8, 4) is 0 Å². The Bertz CT molecular complexity index is 2960. The highest BCUT2D eigenvalue weighted by molar-refractivity contribution is 7.98. The van der Waals surface area contributed by atoms with Crippen molar-refractivity contribution in [2.75, 3.05) is 44.7 Å². The number of nitrogens with zero attached hydrogens (tertiary/aromatic N) is 3. The number of carbonyl (C=O) groups is 13. The van der Waals surface area contributed by atoms with E-state index in [1.807, 2.05) is 20.1 Å². The van der Waals surface area contributed by atoms with Crippen LogP contribution in [-0.4, -0.2) is 198 Å². The average molecular weight is 1350 g/mol. The summed E-state index contributed by atoms with van der Waals surface area (Å²) < 4.78 is 0. The zero-order valence-electron chi connectivity index (χ0n) is 54.5. The minimum atomic E-state index is -1.64. The van der Waals surface area contributed by atoms with Gasteiger partial charge in [-0.05, 0) is 119 Å². The lowest BCUT2D eigenvalue weighted by Crippen LogP contribution is -2.60. The summed E-state index contributed by atoms with van der Waals surface area (Å²) in [6.07, 6.45) is 3.12. The molecule has 10 atom stereocenters. The van der Waals surface area contributed by atoms with E-state index in [0.29, 0.717) is 55.4 Å². The number of aliphatic imine (C=N–C) groups is 1. The van der Waals surface area contributed by atoms with Gasteiger partial charge in [0, 0.05) is 45.3 Å². The summed E-state index contributed by atoms with van der Waals surface area (Å²) in [7, 11) is 0. The van der Waals surface area contributed by atoms with E-state index in [1.165, 1.54) is 21.6 Å². The van der Waals surface area contributed by atoms with E-state index in [2.05, 4.69) is 47.5 Å². The van der Waals surface area contributed by atoms with Crippen LogP contribution in [0.3, 0.4) is 0 Å². The number of hydrogen-bond donors (Lipinski definition) is 15. The monoisotopic (exact) mass is 1350 g/mol. The molecule has 0 aromatic heterocycles. The fourth-order valence-electron chi connectivity index (χ4n) is 11.0. The molecule has 2 aromatic carbocycles. The molecule has 2 aliphatic heterocycles. The van der Waals surface area contributed by atoms with E-state index >= 15 is 0 Å². The number of hydrogen-bond acceptors (Lipinski definition) is 17. The van der Waals surface area contributed by atoms with Gasteiger partial charge >= 0.3 is 0 Å². The first kappa shape index (κ1) is 78.5. The van der Waals surface area contributed by atoms with E-state index in [0.717, 1.165) is 0 Å². The number of primary amides is 3. The minimum absolute atomic E-state index is 0.0736. The number of rotatable bonds is 42. The molecule has 0 unspecified atom stereocenters. The van der Waals surface area contributed by atoms with Crippen molar-refractivity contribution in [1.29, 1.82) is 0 Å². The molecular weight excluding hydrogens is 1250 g/mol. The maximum atomic E-state index is 14.7. The van der Waals surface area contributed by atoms with Crippen molar-refractivity contribution in [3.05, 3.63) is 71.8 Å². The number of guanidine groups is 1. The Morgan fingerprint density at radius 2 is 1.01 bits per heavy atom. The SMILES string of the molecule is CSCC[C@H](NC(=O)[C@H](CC(C)C)NC(=O)CNC(=O)[C@@H](Cc1ccccc1)NC(=O)[C@@H](Cc1ccccc1)NC(=O)[C@@H](CCC(N)=O)NC(=O)[C@@H](CCC(N)=O)NC(=O)[C@H]1CCCN1C(=O)[C@@H](CCCCN)NC(=O)[C@@H]1CCCN1C(=O)[C@H](N)CCCN=C(N)N)C(N)=O. The minimum Gasteiger partial charge on any atom is -0.370 e. The summed E-state index contributed by atoms with van der Waals surface area (Å²) >= 11 is 1.45. The van der Waals surface area contributed by atoms with Crippen LogP contribution >= 0.6 is 11.8 Å². The van der Waals surface area contributed by atoms with E-state index in [9.17, 15) is 62.3 Å². The highest BCUT2D eigenvalue weighted by atomic mass is 32.2. The molecule has 95 heavy (non-hydrogen) atoms. The number of amides is 13. The molecule has 0 radical (unpaired) electrons. The van der Waals surface area contributed by atoms with Gasteiger partial charge < -0.3 is 92.5 Å². The van der Waals surface area contributed by atoms with Crippen molar-refractivity contribution in [2.24, 2.45) is 51.0 Å². The Morgan fingerprint density at radius 3 is 1.51 bits per heavy atom. The second-order valence-electron chi connectivity index (χ2n) is 24.1. The van der Waals surface area contributed by atoms with Crippen LogP contribution in [0.2, 0.25) is 0 Å². The van der Waals surface area contributed by atoms with E-state index < -0.39 is 169 Å². The van der Waals surface area contributed by atoms with Gasteiger partial charge in [-0.2, -0.15) is 11.8 Å². The summed E-state index contributed by atoms with van der Waals surface area (Å²) in [6, 6.07) is 4.51. The van der Waals surface area contributed by atoms with Crippen LogP contribution in [0.15, 0.2) is 65.7 Å². The van der Waals surface area contributed by atoms with Gasteiger partial charge in [0.05, 0.1) is 12.6 Å². The molecule has 31 nitrogen and oxygen atoms in total. The summed E-state index contributed by atoms with van der Waals surface area (Å²) in [5.41, 5.74) is 40.6. The second kappa shape index (κ2) is 41.0. The third kappa shape index (κ3) is 27.5. The molecule has 524 valence electrons. The summed E-state index contributed by atoms with van der Waals surface area (Å²) in [5, 5.41) is 21.1. The van der Waals surface area contributed by atoms with Crippen LogP contribution in [0.5, 0.6) is 0 Å². The van der Waals surface area contributed by atoms with Crippen molar-refractivity contribution < 1.29 is 62.3 Å². The number of thioether (sulfide) groups is 1. The molecule has 22 N–H and O–H groups in total. The highest BCUT2D eigenvalue weighted by Crippen LogP contribution is 2.24. The Hall–Kier alpha value is -8.91. The third-order valence-corrected chi connectivity index (χ3v) is 16.7. The number of benzene rings is 2. The molecule has 2 fully saturated rings. The van der Waals surface area contributed by atoms with E-state index in [-0.39, 0.29) is 83.0 Å². The van der Waals surface area contributed by atoms with Gasteiger partial charge in [-0.1, -0.05) is 74.5 Å². The second-order valence-corrected chi connectivity index (χ2v) is 25.1. The Kier molecular flexibility index (Phi) is 33.9. The Balaban J connectivity index is 1.56. The van der Waals surface area contributed by atoms with Crippen molar-refractivity contribution in [3.63, 3.8) is 0 Å². The van der Waals surface area contributed by atoms with E-state index in [1.54, 1.807) is 60.7 Å². The zero-order valence-corrected chi connectivity index (χ0v) is 55.3. The van der Waals surface area contributed by atoms with Crippen LogP contribution < -0.4 is 82.7 Å². The average Bonchev–Trinajstić information content (AvgIpc) is 1.74. The molecule has 2 heterocycles. The maximum absolute atomic E-state index is 14.7. The lowest BCUT2D eigenvalue weighted by Gasteiger charge is -2.32. The number of likely N-dealkylation sites (tertiary alicyclic amines) is 2. The molecule has 0 saturated carbocycles. The van der Waals surface area contributed by atoms with Gasteiger partial charge in [0.15, 0.2) is 5.96 Å². The van der Waals surface area contributed by atoms with Gasteiger partial charge in [0.25, 0.3) is 0 Å². The molecule has 13 amide bonds. The van der Waals surface area contributed by atoms with Gasteiger partial charge in [-0.3, -0.25) is 67.3 Å². The molecule has 0 spiro atoms. The summed E-state index contributed by atoms with van der Waals surface area (Å²) in [4.78, 5) is 185. The lowest BCUT2D eigenvalue weighted by molar-refractivity contribution is -0.144. The first-order valence-corrected chi connectivity index (χ1v) is 33.6. The highest BCUT2D eigenvalue weighted by Gasteiger charge is 2.42. The largest absolute Gasteiger partial charge is 0.370 e.